The molecule has 0 atom stereocenters. The van der Waals surface area contributed by atoms with Gasteiger partial charge in [-0.1, -0.05) is 0 Å². The molecule has 0 radical (unpaired) electrons. The lowest BCUT2D eigenvalue weighted by atomic mass is 9.79. The summed E-state index contributed by atoms with van der Waals surface area (Å²) in [7, 11) is -0.843. The third kappa shape index (κ3) is 5.76. The van der Waals surface area contributed by atoms with Crippen LogP contribution in [0.25, 0.3) is 16.7 Å². The third-order valence-electron chi connectivity index (χ3n) is 6.40. The fourth-order valence-corrected chi connectivity index (χ4v) is 3.96. The van der Waals surface area contributed by atoms with Gasteiger partial charge in [0.1, 0.15) is 23.2 Å². The van der Waals surface area contributed by atoms with Gasteiger partial charge in [-0.15, -0.1) is 0 Å². The lowest BCUT2D eigenvalue weighted by Crippen LogP contribution is -2.45. The van der Waals surface area contributed by atoms with E-state index in [0.29, 0.717) is 16.5 Å². The third-order valence-corrected chi connectivity index (χ3v) is 6.40. The van der Waals surface area contributed by atoms with Crippen molar-refractivity contribution in [1.29, 1.82) is 0 Å². The van der Waals surface area contributed by atoms with Crippen LogP contribution in [-0.2, 0) is 18.8 Å². The molecule has 4 rings (SSSR count). The number of rotatable bonds is 3. The van der Waals surface area contributed by atoms with E-state index in [1.54, 1.807) is 53.9 Å². The quantitative estimate of drug-likeness (QED) is 0.435. The Morgan fingerprint density at radius 2 is 1.41 bits per heavy atom. The molecule has 0 saturated carbocycles. The Balaban J connectivity index is 1.99. The van der Waals surface area contributed by atoms with Gasteiger partial charge in [0.25, 0.3) is 0 Å². The second kappa shape index (κ2) is 9.60. The summed E-state index contributed by atoms with van der Waals surface area (Å²) in [5, 5.41) is 0.379. The first-order valence-corrected chi connectivity index (χ1v) is 12.8. The minimum Gasteiger partial charge on any atom is -0.443 e. The Bertz CT molecular complexity index is 1350. The second-order valence-corrected chi connectivity index (χ2v) is 12.4. The molecule has 1 saturated heterocycles. The lowest BCUT2D eigenvalue weighted by molar-refractivity contribution is 0.00578. The van der Waals surface area contributed by atoms with E-state index >= 15 is 0 Å². The average molecular weight is 537 g/mol. The molecular formula is C27H36BN5O6. The number of ether oxygens (including phenoxy) is 2. The highest BCUT2D eigenvalue weighted by molar-refractivity contribution is 6.65. The van der Waals surface area contributed by atoms with Gasteiger partial charge in [0.15, 0.2) is 5.82 Å². The predicted molar refractivity (Wildman–Crippen MR) is 147 cm³/mol. The Labute approximate surface area is 229 Å². The first kappa shape index (κ1) is 28.5. The van der Waals surface area contributed by atoms with Crippen LogP contribution in [0.1, 0.15) is 69.2 Å². The Hall–Kier alpha value is -3.51. The topological polar surface area (TPSA) is 118 Å². The molecule has 0 aromatic carbocycles. The minimum atomic E-state index is -0.937. The van der Waals surface area contributed by atoms with E-state index in [2.05, 4.69) is 15.0 Å². The summed E-state index contributed by atoms with van der Waals surface area (Å²) in [5.74, 6) is -0.0129. The number of carbonyl (C=O) groups is 2. The van der Waals surface area contributed by atoms with Crippen LogP contribution in [0.2, 0.25) is 0 Å². The molecule has 0 spiro atoms. The van der Waals surface area contributed by atoms with Crippen LogP contribution in [0, 0.1) is 0 Å². The number of hydrogen-bond donors (Lipinski definition) is 0. The van der Waals surface area contributed by atoms with Crippen LogP contribution in [0.4, 0.5) is 15.4 Å². The van der Waals surface area contributed by atoms with Crippen LogP contribution < -0.4 is 10.4 Å². The molecule has 1 fully saturated rings. The summed E-state index contributed by atoms with van der Waals surface area (Å²) >= 11 is 0. The molecule has 4 heterocycles. The molecule has 0 aliphatic carbocycles. The van der Waals surface area contributed by atoms with Crippen molar-refractivity contribution >= 4 is 41.6 Å². The molecule has 0 N–H and O–H groups in total. The summed E-state index contributed by atoms with van der Waals surface area (Å²) in [6.07, 6.45) is 4.53. The fourth-order valence-electron chi connectivity index (χ4n) is 3.96. The van der Waals surface area contributed by atoms with Crippen LogP contribution in [-0.4, -0.2) is 61.2 Å². The lowest BCUT2D eigenvalue weighted by Gasteiger charge is -2.32. The monoisotopic (exact) mass is 537 g/mol. The largest absolute Gasteiger partial charge is 0.497 e. The zero-order valence-corrected chi connectivity index (χ0v) is 24.2. The Kier molecular flexibility index (Phi) is 7.02. The summed E-state index contributed by atoms with van der Waals surface area (Å²) in [5.41, 5.74) is -1.35. The standard InChI is InChI=1S/C27H36BN5O6/c1-24(2,3)36-22(34)33(23(35)37-25(4,5)6)21-19-18(28-38-26(7,8)27(9,10)39-28)15-32(20(19)30-16-31-21)17-11-13-29-14-12-17/h11-16H,1-10H3. The summed E-state index contributed by atoms with van der Waals surface area (Å²) in [4.78, 5) is 40.8. The summed E-state index contributed by atoms with van der Waals surface area (Å²) < 4.78 is 25.8. The van der Waals surface area contributed by atoms with E-state index in [1.807, 2.05) is 50.6 Å². The van der Waals surface area contributed by atoms with Gasteiger partial charge >= 0.3 is 19.3 Å². The van der Waals surface area contributed by atoms with Gasteiger partial charge < -0.3 is 23.3 Å². The van der Waals surface area contributed by atoms with Crippen molar-refractivity contribution in [1.82, 2.24) is 19.5 Å². The van der Waals surface area contributed by atoms with Crippen LogP contribution >= 0.6 is 0 Å². The average Bonchev–Trinajstić information content (AvgIpc) is 3.26. The number of anilines is 1. The summed E-state index contributed by atoms with van der Waals surface area (Å²) in [6, 6.07) is 3.63. The van der Waals surface area contributed by atoms with Crippen molar-refractivity contribution in [3.63, 3.8) is 0 Å². The molecule has 1 aliphatic heterocycles. The van der Waals surface area contributed by atoms with E-state index < -0.39 is 41.7 Å². The zero-order valence-electron chi connectivity index (χ0n) is 24.2. The molecule has 1 aliphatic rings. The number of pyridine rings is 1. The van der Waals surface area contributed by atoms with E-state index in [-0.39, 0.29) is 5.82 Å². The van der Waals surface area contributed by atoms with Gasteiger partial charge in [0, 0.05) is 24.1 Å². The van der Waals surface area contributed by atoms with Crippen molar-refractivity contribution in [2.75, 3.05) is 4.90 Å². The normalized spacial score (nSPS) is 16.8. The number of hydrogen-bond acceptors (Lipinski definition) is 9. The smallest absolute Gasteiger partial charge is 0.443 e. The van der Waals surface area contributed by atoms with Gasteiger partial charge in [-0.25, -0.2) is 19.6 Å². The number of aromatic nitrogens is 4. The molecule has 208 valence electrons. The molecule has 11 nitrogen and oxygen atoms in total. The molecular weight excluding hydrogens is 501 g/mol. The number of fused-ring (bicyclic) bond motifs is 1. The maximum Gasteiger partial charge on any atom is 0.497 e. The minimum absolute atomic E-state index is 0.0129. The van der Waals surface area contributed by atoms with Gasteiger partial charge in [0.05, 0.1) is 22.3 Å². The second-order valence-electron chi connectivity index (χ2n) is 12.4. The Morgan fingerprint density at radius 1 is 0.897 bits per heavy atom. The highest BCUT2D eigenvalue weighted by Gasteiger charge is 2.53. The maximum absolute atomic E-state index is 13.5. The van der Waals surface area contributed by atoms with E-state index in [1.165, 1.54) is 6.33 Å². The van der Waals surface area contributed by atoms with Crippen molar-refractivity contribution in [2.45, 2.75) is 91.6 Å². The van der Waals surface area contributed by atoms with Crippen molar-refractivity contribution in [3.8, 4) is 5.69 Å². The van der Waals surface area contributed by atoms with E-state index in [4.69, 9.17) is 18.8 Å². The molecule has 3 aromatic heterocycles. The number of imide groups is 1. The molecule has 39 heavy (non-hydrogen) atoms. The van der Waals surface area contributed by atoms with Gasteiger partial charge in [-0.2, -0.15) is 4.90 Å². The van der Waals surface area contributed by atoms with Crippen LogP contribution in [0.5, 0.6) is 0 Å². The van der Waals surface area contributed by atoms with Crippen molar-refractivity contribution in [3.05, 3.63) is 37.1 Å². The number of carbonyl (C=O) groups excluding carboxylic acids is 2. The summed E-state index contributed by atoms with van der Waals surface area (Å²) in [6.45, 7) is 18.0. The van der Waals surface area contributed by atoms with Crippen LogP contribution in [0.3, 0.4) is 0 Å². The first-order chi connectivity index (χ1) is 17.9. The first-order valence-electron chi connectivity index (χ1n) is 12.8. The highest BCUT2D eigenvalue weighted by atomic mass is 16.7. The van der Waals surface area contributed by atoms with Crippen molar-refractivity contribution < 1.29 is 28.4 Å². The van der Waals surface area contributed by atoms with Crippen molar-refractivity contribution in [2.24, 2.45) is 0 Å². The Morgan fingerprint density at radius 3 is 1.90 bits per heavy atom. The molecule has 3 aromatic rings. The van der Waals surface area contributed by atoms with E-state index in [0.717, 1.165) is 10.6 Å². The fraction of sp³-hybridized carbons (Fsp3) is 0.519. The number of amides is 2. The van der Waals surface area contributed by atoms with Gasteiger partial charge in [-0.05, 0) is 81.4 Å². The number of nitrogens with zero attached hydrogens (tertiary/aromatic N) is 5. The predicted octanol–water partition coefficient (Wildman–Crippen LogP) is 4.79. The van der Waals surface area contributed by atoms with E-state index in [9.17, 15) is 9.59 Å². The molecule has 2 amide bonds. The zero-order chi connectivity index (χ0) is 29.0. The van der Waals surface area contributed by atoms with Crippen LogP contribution in [0.15, 0.2) is 37.1 Å². The van der Waals surface area contributed by atoms with Gasteiger partial charge in [-0.3, -0.25) is 4.98 Å². The molecule has 12 heteroatoms. The molecule has 0 unspecified atom stereocenters. The van der Waals surface area contributed by atoms with Gasteiger partial charge in [0.2, 0.25) is 0 Å². The molecule has 0 bridgehead atoms. The highest BCUT2D eigenvalue weighted by Crippen LogP contribution is 2.38. The SMILES string of the molecule is CC(C)(C)OC(=O)N(C(=O)OC(C)(C)C)c1ncnc2c1c(B1OC(C)(C)C(C)(C)O1)cn2-c1ccncc1. The maximum atomic E-state index is 13.5.